The Morgan fingerprint density at radius 3 is 2.45 bits per heavy atom. The van der Waals surface area contributed by atoms with E-state index in [0.29, 0.717) is 12.1 Å². The van der Waals surface area contributed by atoms with Crippen molar-refractivity contribution in [3.05, 3.63) is 24.3 Å². The molecule has 0 fully saturated rings. The highest BCUT2D eigenvalue weighted by Crippen LogP contribution is 2.26. The van der Waals surface area contributed by atoms with Crippen LogP contribution in [0.15, 0.2) is 29.4 Å². The molecule has 0 aliphatic heterocycles. The number of imide groups is 1. The summed E-state index contributed by atoms with van der Waals surface area (Å²) in [5.74, 6) is 6.02. The van der Waals surface area contributed by atoms with Crippen LogP contribution >= 0.6 is 11.8 Å². The SMILES string of the molecule is CC(C)CNC(=O)NC(=O)[C@H](C)Sc1nnc(-c2ccc(OC(F)F)cc2)n1N. The van der Waals surface area contributed by atoms with E-state index in [0.717, 1.165) is 11.8 Å². The van der Waals surface area contributed by atoms with Gasteiger partial charge in [-0.1, -0.05) is 25.6 Å². The molecule has 1 aromatic carbocycles. The van der Waals surface area contributed by atoms with Gasteiger partial charge < -0.3 is 15.9 Å². The van der Waals surface area contributed by atoms with Gasteiger partial charge >= 0.3 is 12.6 Å². The second-order valence-corrected chi connectivity index (χ2v) is 7.74. The average molecular weight is 428 g/mol. The third kappa shape index (κ3) is 6.59. The number of alkyl halides is 2. The maximum Gasteiger partial charge on any atom is 0.387 e. The molecule has 0 saturated heterocycles. The van der Waals surface area contributed by atoms with E-state index in [2.05, 4.69) is 25.6 Å². The highest BCUT2D eigenvalue weighted by Gasteiger charge is 2.21. The van der Waals surface area contributed by atoms with Crippen LogP contribution in [0.5, 0.6) is 5.75 Å². The van der Waals surface area contributed by atoms with Crippen molar-refractivity contribution in [1.29, 1.82) is 0 Å². The third-order valence-corrected chi connectivity index (χ3v) is 4.62. The number of nitrogens with two attached hydrogens (primary N) is 1. The van der Waals surface area contributed by atoms with E-state index in [9.17, 15) is 18.4 Å². The van der Waals surface area contributed by atoms with Crippen LogP contribution in [0.4, 0.5) is 13.6 Å². The van der Waals surface area contributed by atoms with Gasteiger partial charge in [-0.3, -0.25) is 10.1 Å². The zero-order valence-electron chi connectivity index (χ0n) is 16.1. The number of thioether (sulfide) groups is 1. The maximum absolute atomic E-state index is 12.2. The first-order chi connectivity index (χ1) is 13.7. The van der Waals surface area contributed by atoms with Gasteiger partial charge in [0, 0.05) is 12.1 Å². The van der Waals surface area contributed by atoms with Crippen molar-refractivity contribution in [1.82, 2.24) is 25.5 Å². The van der Waals surface area contributed by atoms with E-state index in [-0.39, 0.29) is 22.6 Å². The molecule has 4 N–H and O–H groups in total. The number of carbonyl (C=O) groups excluding carboxylic acids is 2. The number of hydrogen-bond donors (Lipinski definition) is 3. The topological polar surface area (TPSA) is 124 Å². The maximum atomic E-state index is 12.2. The van der Waals surface area contributed by atoms with Gasteiger partial charge in [-0.15, -0.1) is 10.2 Å². The van der Waals surface area contributed by atoms with Crippen LogP contribution in [0, 0.1) is 5.92 Å². The van der Waals surface area contributed by atoms with E-state index in [4.69, 9.17) is 5.84 Å². The second-order valence-electron chi connectivity index (χ2n) is 6.43. The van der Waals surface area contributed by atoms with Crippen molar-refractivity contribution in [3.63, 3.8) is 0 Å². The van der Waals surface area contributed by atoms with Gasteiger partial charge in [0.2, 0.25) is 11.1 Å². The number of halogens is 2. The molecule has 0 bridgehead atoms. The first-order valence-corrected chi connectivity index (χ1v) is 9.56. The number of rotatable bonds is 8. The summed E-state index contributed by atoms with van der Waals surface area (Å²) in [7, 11) is 0. The molecule has 2 aromatic rings. The molecular formula is C17H22F2N6O3S. The van der Waals surface area contributed by atoms with Crippen LogP contribution in [0.25, 0.3) is 11.4 Å². The molecule has 158 valence electrons. The smallest absolute Gasteiger partial charge is 0.387 e. The number of benzene rings is 1. The number of nitrogen functional groups attached to an aromatic ring is 1. The zero-order valence-corrected chi connectivity index (χ0v) is 16.9. The molecule has 1 aromatic heterocycles. The average Bonchev–Trinajstić information content (AvgIpc) is 3.00. The highest BCUT2D eigenvalue weighted by molar-refractivity contribution is 8.00. The van der Waals surface area contributed by atoms with Crippen molar-refractivity contribution in [2.24, 2.45) is 5.92 Å². The molecule has 9 nitrogen and oxygen atoms in total. The van der Waals surface area contributed by atoms with Crippen LogP contribution in [0.2, 0.25) is 0 Å². The summed E-state index contributed by atoms with van der Waals surface area (Å²) in [5, 5.41) is 12.3. The van der Waals surface area contributed by atoms with Crippen LogP contribution in [0.1, 0.15) is 20.8 Å². The molecule has 3 amide bonds. The fourth-order valence-corrected chi connectivity index (χ4v) is 2.88. The molecule has 0 aliphatic carbocycles. The number of hydrogen-bond acceptors (Lipinski definition) is 7. The normalized spacial score (nSPS) is 12.1. The summed E-state index contributed by atoms with van der Waals surface area (Å²) in [6, 6.07) is 5.16. The van der Waals surface area contributed by atoms with Crippen LogP contribution < -0.4 is 21.2 Å². The summed E-state index contributed by atoms with van der Waals surface area (Å²) < 4.78 is 29.9. The summed E-state index contributed by atoms with van der Waals surface area (Å²) >= 11 is 1.02. The fourth-order valence-electron chi connectivity index (χ4n) is 2.11. The number of carbonyl (C=O) groups is 2. The van der Waals surface area contributed by atoms with Gasteiger partial charge in [-0.2, -0.15) is 8.78 Å². The molecule has 0 radical (unpaired) electrons. The standard InChI is InChI=1S/C17H22F2N6O3S/c1-9(2)8-21-16(27)22-14(26)10(3)29-17-24-23-13(25(17)20)11-4-6-12(7-5-11)28-15(18)19/h4-7,9-10,15H,8,20H2,1-3H3,(H2,21,22,26,27)/t10-/m0/s1. The van der Waals surface area contributed by atoms with Crippen molar-refractivity contribution >= 4 is 23.7 Å². The highest BCUT2D eigenvalue weighted by atomic mass is 32.2. The lowest BCUT2D eigenvalue weighted by molar-refractivity contribution is -0.119. The zero-order chi connectivity index (χ0) is 21.6. The fraction of sp³-hybridized carbons (Fsp3) is 0.412. The van der Waals surface area contributed by atoms with Crippen LogP contribution in [-0.2, 0) is 4.79 Å². The number of nitrogens with zero attached hydrogens (tertiary/aromatic N) is 3. The molecular weight excluding hydrogens is 406 g/mol. The molecule has 0 unspecified atom stereocenters. The quantitative estimate of drug-likeness (QED) is 0.435. The Morgan fingerprint density at radius 1 is 1.21 bits per heavy atom. The molecule has 2 rings (SSSR count). The summed E-state index contributed by atoms with van der Waals surface area (Å²) in [6.07, 6.45) is 0. The largest absolute Gasteiger partial charge is 0.435 e. The van der Waals surface area contributed by atoms with E-state index in [1.807, 2.05) is 13.8 Å². The molecule has 0 spiro atoms. The Kier molecular flexibility index (Phi) is 7.76. The Balaban J connectivity index is 1.99. The summed E-state index contributed by atoms with van der Waals surface area (Å²) in [5.41, 5.74) is 0.527. The number of urea groups is 1. The van der Waals surface area contributed by atoms with E-state index < -0.39 is 23.8 Å². The molecule has 0 aliphatic rings. The lowest BCUT2D eigenvalue weighted by atomic mass is 10.2. The minimum absolute atomic E-state index is 0.00229. The third-order valence-electron chi connectivity index (χ3n) is 3.56. The lowest BCUT2D eigenvalue weighted by Gasteiger charge is -2.12. The Labute approximate surface area is 170 Å². The minimum atomic E-state index is -2.91. The first-order valence-electron chi connectivity index (χ1n) is 8.68. The van der Waals surface area contributed by atoms with Crippen LogP contribution in [-0.4, -0.2) is 45.2 Å². The molecule has 29 heavy (non-hydrogen) atoms. The molecule has 1 atom stereocenters. The number of ether oxygens (including phenoxy) is 1. The van der Waals surface area contributed by atoms with Crippen molar-refractivity contribution in [3.8, 4) is 17.1 Å². The van der Waals surface area contributed by atoms with Crippen molar-refractivity contribution < 1.29 is 23.1 Å². The van der Waals surface area contributed by atoms with Crippen molar-refractivity contribution in [2.75, 3.05) is 12.4 Å². The molecule has 1 heterocycles. The van der Waals surface area contributed by atoms with Gasteiger partial charge in [0.1, 0.15) is 5.75 Å². The van der Waals surface area contributed by atoms with E-state index >= 15 is 0 Å². The Bertz CT molecular complexity index is 844. The number of amides is 3. The lowest BCUT2D eigenvalue weighted by Crippen LogP contribution is -2.43. The number of nitrogens with one attached hydrogen (secondary N) is 2. The number of aromatic nitrogens is 3. The van der Waals surface area contributed by atoms with Gasteiger partial charge in [-0.05, 0) is 37.1 Å². The Morgan fingerprint density at radius 2 is 1.86 bits per heavy atom. The summed E-state index contributed by atoms with van der Waals surface area (Å²) in [6.45, 7) is 3.00. The van der Waals surface area contributed by atoms with Crippen LogP contribution in [0.3, 0.4) is 0 Å². The minimum Gasteiger partial charge on any atom is -0.435 e. The van der Waals surface area contributed by atoms with Gasteiger partial charge in [0.25, 0.3) is 0 Å². The molecule has 0 saturated carbocycles. The first kappa shape index (κ1) is 22.4. The second kappa shape index (κ2) is 10.0. The Hall–Kier alpha value is -2.89. The predicted molar refractivity (Wildman–Crippen MR) is 104 cm³/mol. The van der Waals surface area contributed by atoms with Gasteiger partial charge in [0.15, 0.2) is 5.82 Å². The summed E-state index contributed by atoms with van der Waals surface area (Å²) in [4.78, 5) is 23.8. The van der Waals surface area contributed by atoms with Crippen molar-refractivity contribution in [2.45, 2.75) is 37.8 Å². The molecule has 12 heteroatoms. The van der Waals surface area contributed by atoms with Gasteiger partial charge in [-0.25, -0.2) is 9.47 Å². The van der Waals surface area contributed by atoms with E-state index in [1.54, 1.807) is 6.92 Å². The monoisotopic (exact) mass is 428 g/mol. The van der Waals surface area contributed by atoms with Gasteiger partial charge in [0.05, 0.1) is 5.25 Å². The predicted octanol–water partition coefficient (Wildman–Crippen LogP) is 2.22. The van der Waals surface area contributed by atoms with E-state index in [1.165, 1.54) is 28.9 Å².